The summed E-state index contributed by atoms with van der Waals surface area (Å²) in [5.41, 5.74) is 3.27. The molecule has 0 fully saturated rings. The van der Waals surface area contributed by atoms with Gasteiger partial charge in [-0.3, -0.25) is 13.9 Å². The third-order valence-electron chi connectivity index (χ3n) is 5.18. The molecule has 0 saturated heterocycles. The van der Waals surface area contributed by atoms with Crippen LogP contribution in [0.15, 0.2) is 48.5 Å². The Balaban J connectivity index is 2.33. The molecule has 0 aromatic heterocycles. The molecular formula is C24H33N3O4S. The van der Waals surface area contributed by atoms with Crippen LogP contribution >= 0.6 is 0 Å². The van der Waals surface area contributed by atoms with Crippen LogP contribution < -0.4 is 9.62 Å². The number of carbonyl (C=O) groups is 2. The normalized spacial score (nSPS) is 12.2. The molecule has 0 aliphatic heterocycles. The summed E-state index contributed by atoms with van der Waals surface area (Å²) in [5, 5.41) is 2.74. The van der Waals surface area contributed by atoms with E-state index in [1.165, 1.54) is 4.90 Å². The monoisotopic (exact) mass is 459 g/mol. The molecule has 0 bridgehead atoms. The number of rotatable bonds is 10. The Labute approximate surface area is 191 Å². The zero-order chi connectivity index (χ0) is 23.9. The van der Waals surface area contributed by atoms with Crippen LogP contribution in [-0.4, -0.2) is 57.1 Å². The van der Waals surface area contributed by atoms with Crippen molar-refractivity contribution in [2.45, 2.75) is 40.2 Å². The Hall–Kier alpha value is -2.87. The van der Waals surface area contributed by atoms with Crippen LogP contribution in [0.1, 0.15) is 30.5 Å². The number of benzene rings is 2. The molecule has 0 saturated carbocycles. The molecule has 0 spiro atoms. The van der Waals surface area contributed by atoms with Crippen molar-refractivity contribution in [3.05, 3.63) is 65.2 Å². The van der Waals surface area contributed by atoms with E-state index >= 15 is 0 Å². The van der Waals surface area contributed by atoms with Crippen molar-refractivity contribution in [1.82, 2.24) is 10.2 Å². The van der Waals surface area contributed by atoms with E-state index in [1.807, 2.05) is 57.2 Å². The van der Waals surface area contributed by atoms with Crippen LogP contribution in [0.2, 0.25) is 0 Å². The highest BCUT2D eigenvalue weighted by atomic mass is 32.2. The molecule has 174 valence electrons. The average Bonchev–Trinajstić information content (AvgIpc) is 2.71. The minimum atomic E-state index is -3.72. The highest BCUT2D eigenvalue weighted by molar-refractivity contribution is 7.92. The van der Waals surface area contributed by atoms with Gasteiger partial charge in [-0.2, -0.15) is 0 Å². The van der Waals surface area contributed by atoms with Gasteiger partial charge in [0.05, 0.1) is 11.9 Å². The van der Waals surface area contributed by atoms with Gasteiger partial charge in [0, 0.05) is 13.1 Å². The molecule has 0 radical (unpaired) electrons. The van der Waals surface area contributed by atoms with Gasteiger partial charge in [0.15, 0.2) is 0 Å². The van der Waals surface area contributed by atoms with Gasteiger partial charge in [0.2, 0.25) is 21.8 Å². The van der Waals surface area contributed by atoms with E-state index in [4.69, 9.17) is 0 Å². The number of hydrogen-bond acceptors (Lipinski definition) is 4. The zero-order valence-corrected chi connectivity index (χ0v) is 20.3. The molecular weight excluding hydrogens is 426 g/mol. The number of likely N-dealkylation sites (N-methyl/N-ethyl adjacent to an activating group) is 1. The Morgan fingerprint density at radius 1 is 1.03 bits per heavy atom. The molecule has 1 atom stereocenters. The van der Waals surface area contributed by atoms with Crippen molar-refractivity contribution < 1.29 is 18.0 Å². The number of anilines is 1. The predicted octanol–water partition coefficient (Wildman–Crippen LogP) is 2.67. The van der Waals surface area contributed by atoms with Crippen LogP contribution in [0.25, 0.3) is 0 Å². The molecule has 2 rings (SSSR count). The van der Waals surface area contributed by atoms with Crippen molar-refractivity contribution in [2.75, 3.05) is 30.2 Å². The Kier molecular flexibility index (Phi) is 8.83. The molecule has 0 aliphatic carbocycles. The van der Waals surface area contributed by atoms with E-state index in [2.05, 4.69) is 5.32 Å². The number of nitrogens with one attached hydrogen (secondary N) is 1. The van der Waals surface area contributed by atoms with Gasteiger partial charge in [-0.15, -0.1) is 0 Å². The smallest absolute Gasteiger partial charge is 0.244 e. The zero-order valence-electron chi connectivity index (χ0n) is 19.5. The molecule has 2 aromatic rings. The summed E-state index contributed by atoms with van der Waals surface area (Å²) in [7, 11) is -3.72. The fourth-order valence-electron chi connectivity index (χ4n) is 3.60. The molecule has 8 heteroatoms. The number of carbonyl (C=O) groups excluding carboxylic acids is 2. The summed E-state index contributed by atoms with van der Waals surface area (Å²) < 4.78 is 26.3. The van der Waals surface area contributed by atoms with Gasteiger partial charge < -0.3 is 10.2 Å². The molecule has 32 heavy (non-hydrogen) atoms. The second-order valence-electron chi connectivity index (χ2n) is 8.01. The first kappa shape index (κ1) is 25.4. The molecule has 7 nitrogen and oxygen atoms in total. The van der Waals surface area contributed by atoms with E-state index in [0.29, 0.717) is 25.2 Å². The summed E-state index contributed by atoms with van der Waals surface area (Å²) in [5.74, 6) is -0.699. The van der Waals surface area contributed by atoms with Crippen molar-refractivity contribution in [3.63, 3.8) is 0 Å². The minimum Gasteiger partial charge on any atom is -0.355 e. The summed E-state index contributed by atoms with van der Waals surface area (Å²) in [6.45, 7) is 7.60. The first-order valence-corrected chi connectivity index (χ1v) is 12.5. The van der Waals surface area contributed by atoms with E-state index in [9.17, 15) is 18.0 Å². The maximum Gasteiger partial charge on any atom is 0.244 e. The van der Waals surface area contributed by atoms with Crippen LogP contribution in [0.5, 0.6) is 0 Å². The SMILES string of the molecule is CCNC(=O)C(C)N(CCc1ccccc1)C(=O)CN(c1cc(C)cc(C)c1)S(C)(=O)=O. The van der Waals surface area contributed by atoms with Crippen molar-refractivity contribution in [2.24, 2.45) is 0 Å². The third kappa shape index (κ3) is 7.09. The van der Waals surface area contributed by atoms with Gasteiger partial charge in [0.25, 0.3) is 0 Å². The highest BCUT2D eigenvalue weighted by Gasteiger charge is 2.29. The standard InChI is InChI=1S/C24H33N3O4S/c1-6-25-24(29)20(4)26(13-12-21-10-8-7-9-11-21)23(28)17-27(32(5,30)31)22-15-18(2)14-19(3)16-22/h7-11,14-16,20H,6,12-13,17H2,1-5H3,(H,25,29). The third-order valence-corrected chi connectivity index (χ3v) is 6.32. The second kappa shape index (κ2) is 11.1. The van der Waals surface area contributed by atoms with Gasteiger partial charge in [-0.25, -0.2) is 8.42 Å². The van der Waals surface area contributed by atoms with E-state index in [1.54, 1.807) is 19.1 Å². The fraction of sp³-hybridized carbons (Fsp3) is 0.417. The first-order chi connectivity index (χ1) is 15.0. The van der Waals surface area contributed by atoms with Gasteiger partial charge in [0.1, 0.15) is 12.6 Å². The highest BCUT2D eigenvalue weighted by Crippen LogP contribution is 2.22. The summed E-state index contributed by atoms with van der Waals surface area (Å²) in [4.78, 5) is 27.3. The topological polar surface area (TPSA) is 86.8 Å². The fourth-order valence-corrected chi connectivity index (χ4v) is 4.43. The van der Waals surface area contributed by atoms with E-state index < -0.39 is 22.0 Å². The molecule has 1 N–H and O–H groups in total. The van der Waals surface area contributed by atoms with Gasteiger partial charge >= 0.3 is 0 Å². The molecule has 0 heterocycles. The minimum absolute atomic E-state index is 0.272. The van der Waals surface area contributed by atoms with Crippen LogP contribution in [0.3, 0.4) is 0 Å². The molecule has 2 aromatic carbocycles. The Morgan fingerprint density at radius 2 is 1.62 bits per heavy atom. The van der Waals surface area contributed by atoms with Crippen LogP contribution in [0, 0.1) is 13.8 Å². The number of sulfonamides is 1. The first-order valence-electron chi connectivity index (χ1n) is 10.7. The second-order valence-corrected chi connectivity index (χ2v) is 9.92. The van der Waals surface area contributed by atoms with Gasteiger partial charge in [-0.05, 0) is 62.9 Å². The lowest BCUT2D eigenvalue weighted by molar-refractivity contribution is -0.138. The van der Waals surface area contributed by atoms with E-state index in [0.717, 1.165) is 27.3 Å². The Bertz CT molecular complexity index is 1020. The number of hydrogen-bond donors (Lipinski definition) is 1. The number of nitrogens with zero attached hydrogens (tertiary/aromatic N) is 2. The van der Waals surface area contributed by atoms with E-state index in [-0.39, 0.29) is 12.5 Å². The maximum atomic E-state index is 13.4. The molecule has 0 aliphatic rings. The largest absolute Gasteiger partial charge is 0.355 e. The average molecular weight is 460 g/mol. The lowest BCUT2D eigenvalue weighted by Gasteiger charge is -2.31. The Morgan fingerprint density at radius 3 is 2.16 bits per heavy atom. The number of amides is 2. The van der Waals surface area contributed by atoms with Crippen molar-refractivity contribution in [1.29, 1.82) is 0 Å². The molecule has 1 unspecified atom stereocenters. The lowest BCUT2D eigenvalue weighted by atomic mass is 10.1. The quantitative estimate of drug-likeness (QED) is 0.592. The summed E-state index contributed by atoms with van der Waals surface area (Å²) in [6, 6.07) is 14.3. The lowest BCUT2D eigenvalue weighted by Crippen LogP contribution is -2.52. The number of aryl methyl sites for hydroxylation is 2. The summed E-state index contributed by atoms with van der Waals surface area (Å²) >= 11 is 0. The van der Waals surface area contributed by atoms with Gasteiger partial charge in [-0.1, -0.05) is 36.4 Å². The predicted molar refractivity (Wildman–Crippen MR) is 128 cm³/mol. The van der Waals surface area contributed by atoms with Crippen LogP contribution in [-0.2, 0) is 26.0 Å². The van der Waals surface area contributed by atoms with Crippen LogP contribution in [0.4, 0.5) is 5.69 Å². The summed E-state index contributed by atoms with van der Waals surface area (Å²) in [6.07, 6.45) is 1.64. The molecule has 2 amide bonds. The van der Waals surface area contributed by atoms with Crippen molar-refractivity contribution >= 4 is 27.5 Å². The van der Waals surface area contributed by atoms with Crippen molar-refractivity contribution in [3.8, 4) is 0 Å². The maximum absolute atomic E-state index is 13.4.